The Morgan fingerprint density at radius 3 is 2.79 bits per heavy atom. The van der Waals surface area contributed by atoms with Crippen molar-refractivity contribution in [2.75, 3.05) is 39.1 Å². The van der Waals surface area contributed by atoms with Crippen molar-refractivity contribution in [3.8, 4) is 0 Å². The predicted molar refractivity (Wildman–Crippen MR) is 105 cm³/mol. The van der Waals surface area contributed by atoms with E-state index in [-0.39, 0.29) is 0 Å². The molecule has 1 heterocycles. The zero-order valence-electron chi connectivity index (χ0n) is 15.0. The number of guanidine groups is 1. The lowest BCUT2D eigenvalue weighted by molar-refractivity contribution is 0.135. The van der Waals surface area contributed by atoms with E-state index in [0.29, 0.717) is 4.75 Å². The molecule has 134 valence electrons. The van der Waals surface area contributed by atoms with Gasteiger partial charge in [0.05, 0.1) is 6.61 Å². The third kappa shape index (κ3) is 7.14. The Kier molecular flexibility index (Phi) is 8.47. The van der Waals surface area contributed by atoms with Gasteiger partial charge in [0.15, 0.2) is 5.96 Å². The Bertz CT molecular complexity index is 487. The van der Waals surface area contributed by atoms with Crippen molar-refractivity contribution in [2.45, 2.75) is 37.4 Å². The van der Waals surface area contributed by atoms with E-state index in [2.05, 4.69) is 58.6 Å². The molecule has 0 radical (unpaired) electrons. The first kappa shape index (κ1) is 19.1. The molecule has 1 aliphatic heterocycles. The molecule has 4 nitrogen and oxygen atoms in total. The summed E-state index contributed by atoms with van der Waals surface area (Å²) in [5, 5.41) is 6.82. The van der Waals surface area contributed by atoms with Crippen LogP contribution in [0.25, 0.3) is 0 Å². The molecule has 1 atom stereocenters. The smallest absolute Gasteiger partial charge is 0.191 e. The summed E-state index contributed by atoms with van der Waals surface area (Å²) < 4.78 is 6.07. The van der Waals surface area contributed by atoms with Crippen LogP contribution < -0.4 is 10.6 Å². The second-order valence-corrected chi connectivity index (χ2v) is 8.14. The van der Waals surface area contributed by atoms with Crippen molar-refractivity contribution >= 4 is 17.7 Å². The number of ether oxygens (including phenoxy) is 1. The third-order valence-electron chi connectivity index (χ3n) is 4.29. The first-order chi connectivity index (χ1) is 11.7. The lowest BCUT2D eigenvalue weighted by atomic mass is 10.1. The molecule has 0 bridgehead atoms. The molecule has 2 rings (SSSR count). The monoisotopic (exact) mass is 349 g/mol. The van der Waals surface area contributed by atoms with Crippen molar-refractivity contribution in [2.24, 2.45) is 4.99 Å². The van der Waals surface area contributed by atoms with Crippen molar-refractivity contribution < 1.29 is 4.74 Å². The van der Waals surface area contributed by atoms with Crippen LogP contribution in [0.2, 0.25) is 0 Å². The van der Waals surface area contributed by atoms with Crippen molar-refractivity contribution in [1.82, 2.24) is 10.6 Å². The van der Waals surface area contributed by atoms with Gasteiger partial charge in [0.1, 0.15) is 0 Å². The lowest BCUT2D eigenvalue weighted by Gasteiger charge is -2.24. The molecule has 1 aromatic carbocycles. The van der Waals surface area contributed by atoms with Crippen LogP contribution in [0.3, 0.4) is 0 Å². The molecule has 2 N–H and O–H groups in total. The highest BCUT2D eigenvalue weighted by atomic mass is 32.2. The fourth-order valence-corrected chi connectivity index (χ4v) is 4.03. The number of rotatable bonds is 9. The Morgan fingerprint density at radius 1 is 1.25 bits per heavy atom. The zero-order valence-corrected chi connectivity index (χ0v) is 15.8. The van der Waals surface area contributed by atoms with Gasteiger partial charge in [-0.05, 0) is 43.9 Å². The highest BCUT2D eigenvalue weighted by molar-refractivity contribution is 8.00. The van der Waals surface area contributed by atoms with Crippen molar-refractivity contribution in [1.29, 1.82) is 0 Å². The van der Waals surface area contributed by atoms with E-state index in [0.717, 1.165) is 45.1 Å². The van der Waals surface area contributed by atoms with E-state index in [1.807, 2.05) is 13.1 Å². The molecule has 0 aliphatic carbocycles. The molecule has 0 spiro atoms. The molecule has 1 aliphatic rings. The van der Waals surface area contributed by atoms with Crippen LogP contribution >= 0.6 is 11.8 Å². The van der Waals surface area contributed by atoms with Gasteiger partial charge >= 0.3 is 0 Å². The van der Waals surface area contributed by atoms with Crippen LogP contribution in [0.5, 0.6) is 0 Å². The standard InChI is InChI=1S/C19H31N3OS/c1-19(11-6-15-24-19)16-22-18(20-2)21-12-7-13-23-14-10-17-8-4-3-5-9-17/h3-5,8-9H,6-7,10-16H2,1-2H3,(H2,20,21,22). The largest absolute Gasteiger partial charge is 0.381 e. The number of thioether (sulfide) groups is 1. The normalized spacial score (nSPS) is 21.0. The van der Waals surface area contributed by atoms with Gasteiger partial charge in [-0.25, -0.2) is 0 Å². The van der Waals surface area contributed by atoms with E-state index in [4.69, 9.17) is 4.74 Å². The summed E-state index contributed by atoms with van der Waals surface area (Å²) in [5.41, 5.74) is 1.33. The average molecular weight is 350 g/mol. The molecule has 0 saturated carbocycles. The number of hydrogen-bond acceptors (Lipinski definition) is 3. The van der Waals surface area contributed by atoms with Gasteiger partial charge in [0.2, 0.25) is 0 Å². The van der Waals surface area contributed by atoms with E-state index in [9.17, 15) is 0 Å². The molecule has 1 fully saturated rings. The predicted octanol–water partition coefficient (Wildman–Crippen LogP) is 3.09. The Hall–Kier alpha value is -1.20. The molecule has 5 heteroatoms. The van der Waals surface area contributed by atoms with Gasteiger partial charge < -0.3 is 15.4 Å². The summed E-state index contributed by atoms with van der Waals surface area (Å²) >= 11 is 2.07. The summed E-state index contributed by atoms with van der Waals surface area (Å²) in [4.78, 5) is 4.30. The highest BCUT2D eigenvalue weighted by Crippen LogP contribution is 2.36. The third-order valence-corrected chi connectivity index (χ3v) is 5.83. The zero-order chi connectivity index (χ0) is 17.1. The van der Waals surface area contributed by atoms with Gasteiger partial charge in [-0.2, -0.15) is 11.8 Å². The van der Waals surface area contributed by atoms with E-state index < -0.39 is 0 Å². The Labute approximate surface area is 150 Å². The van der Waals surface area contributed by atoms with Gasteiger partial charge in [0, 0.05) is 31.5 Å². The highest BCUT2D eigenvalue weighted by Gasteiger charge is 2.29. The molecule has 0 aromatic heterocycles. The van der Waals surface area contributed by atoms with Crippen LogP contribution in [0, 0.1) is 0 Å². The summed E-state index contributed by atoms with van der Waals surface area (Å²) in [5.74, 6) is 2.18. The van der Waals surface area contributed by atoms with Crippen molar-refractivity contribution in [3.63, 3.8) is 0 Å². The molecule has 1 saturated heterocycles. The van der Waals surface area contributed by atoms with E-state index in [1.165, 1.54) is 24.2 Å². The maximum absolute atomic E-state index is 5.71. The second kappa shape index (κ2) is 10.6. The van der Waals surface area contributed by atoms with Gasteiger partial charge in [0.25, 0.3) is 0 Å². The van der Waals surface area contributed by atoms with Crippen LogP contribution in [-0.2, 0) is 11.2 Å². The second-order valence-electron chi connectivity index (χ2n) is 6.46. The number of aliphatic imine (C=N–C) groups is 1. The maximum atomic E-state index is 5.71. The quantitative estimate of drug-likeness (QED) is 0.409. The minimum Gasteiger partial charge on any atom is -0.381 e. The Morgan fingerprint density at radius 2 is 2.08 bits per heavy atom. The van der Waals surface area contributed by atoms with Crippen LogP contribution in [0.4, 0.5) is 0 Å². The fourth-order valence-electron chi connectivity index (χ4n) is 2.79. The lowest BCUT2D eigenvalue weighted by Crippen LogP contribution is -2.44. The summed E-state index contributed by atoms with van der Waals surface area (Å²) in [6.07, 6.45) is 4.58. The molecular weight excluding hydrogens is 318 g/mol. The number of benzene rings is 1. The SMILES string of the molecule is CN=C(NCCCOCCc1ccccc1)NCC1(C)CCCS1. The maximum Gasteiger partial charge on any atom is 0.191 e. The topological polar surface area (TPSA) is 45.7 Å². The summed E-state index contributed by atoms with van der Waals surface area (Å²) in [6.45, 7) is 5.77. The van der Waals surface area contributed by atoms with E-state index in [1.54, 1.807) is 0 Å². The molecule has 1 unspecified atom stereocenters. The van der Waals surface area contributed by atoms with Crippen molar-refractivity contribution in [3.05, 3.63) is 35.9 Å². The van der Waals surface area contributed by atoms with Crippen LogP contribution in [0.15, 0.2) is 35.3 Å². The summed E-state index contributed by atoms with van der Waals surface area (Å²) in [7, 11) is 1.83. The molecule has 1 aromatic rings. The first-order valence-electron chi connectivity index (χ1n) is 8.92. The van der Waals surface area contributed by atoms with E-state index >= 15 is 0 Å². The molecule has 24 heavy (non-hydrogen) atoms. The average Bonchev–Trinajstić information content (AvgIpc) is 3.04. The van der Waals surface area contributed by atoms with Crippen LogP contribution in [-0.4, -0.2) is 49.8 Å². The Balaban J connectivity index is 1.49. The number of nitrogens with one attached hydrogen (secondary N) is 2. The fraction of sp³-hybridized carbons (Fsp3) is 0.632. The minimum atomic E-state index is 0.359. The number of hydrogen-bond donors (Lipinski definition) is 2. The number of nitrogens with zero attached hydrogens (tertiary/aromatic N) is 1. The summed E-state index contributed by atoms with van der Waals surface area (Å²) in [6, 6.07) is 10.5. The van der Waals surface area contributed by atoms with Crippen LogP contribution in [0.1, 0.15) is 31.7 Å². The van der Waals surface area contributed by atoms with Gasteiger partial charge in [-0.1, -0.05) is 30.3 Å². The molecule has 0 amide bonds. The molecular formula is C19H31N3OS. The van der Waals surface area contributed by atoms with Gasteiger partial charge in [-0.15, -0.1) is 0 Å². The van der Waals surface area contributed by atoms with Gasteiger partial charge in [-0.3, -0.25) is 4.99 Å². The first-order valence-corrected chi connectivity index (χ1v) is 9.91. The minimum absolute atomic E-state index is 0.359.